The van der Waals surface area contributed by atoms with Gasteiger partial charge in [0.05, 0.1) is 12.7 Å². The van der Waals surface area contributed by atoms with Gasteiger partial charge in [0.15, 0.2) is 0 Å². The molecule has 3 atom stereocenters. The topological polar surface area (TPSA) is 32.7 Å². The van der Waals surface area contributed by atoms with E-state index in [2.05, 4.69) is 42.3 Å². The van der Waals surface area contributed by atoms with Crippen LogP contribution in [0.2, 0.25) is 0 Å². The molecule has 0 amide bonds. The average Bonchev–Trinajstić information content (AvgIpc) is 2.49. The van der Waals surface area contributed by atoms with Crippen molar-refractivity contribution >= 4 is 0 Å². The summed E-state index contributed by atoms with van der Waals surface area (Å²) in [5.41, 5.74) is 1.41. The quantitative estimate of drug-likeness (QED) is 0.811. The minimum Gasteiger partial charge on any atom is -0.391 e. The van der Waals surface area contributed by atoms with Crippen LogP contribution in [0.25, 0.3) is 0 Å². The lowest BCUT2D eigenvalue weighted by Crippen LogP contribution is -2.46. The molecule has 1 aromatic rings. The molecule has 1 saturated carbocycles. The van der Waals surface area contributed by atoms with Crippen molar-refractivity contribution in [1.29, 1.82) is 0 Å². The lowest BCUT2D eigenvalue weighted by Gasteiger charge is -2.39. The van der Waals surface area contributed by atoms with Crippen LogP contribution in [-0.2, 0) is 4.74 Å². The summed E-state index contributed by atoms with van der Waals surface area (Å²) in [5.74, 6) is 0.569. The maximum Gasteiger partial charge on any atom is 0.0695 e. The summed E-state index contributed by atoms with van der Waals surface area (Å²) < 4.78 is 5.42. The molecule has 3 nitrogen and oxygen atoms in total. The molecule has 3 heteroatoms. The molecule has 3 unspecified atom stereocenters. The van der Waals surface area contributed by atoms with Crippen LogP contribution >= 0.6 is 0 Å². The molecule has 2 rings (SSSR count). The first kappa shape index (κ1) is 15.5. The van der Waals surface area contributed by atoms with E-state index in [1.165, 1.54) is 5.56 Å². The van der Waals surface area contributed by atoms with E-state index >= 15 is 0 Å². The number of aliphatic hydroxyl groups is 1. The van der Waals surface area contributed by atoms with Gasteiger partial charge < -0.3 is 9.84 Å². The molecular weight excluding hydrogens is 250 g/mol. The van der Waals surface area contributed by atoms with Crippen LogP contribution < -0.4 is 0 Å². The molecule has 0 saturated heterocycles. The minimum absolute atomic E-state index is 0.207. The van der Waals surface area contributed by atoms with E-state index in [-0.39, 0.29) is 12.1 Å². The second-order valence-corrected chi connectivity index (χ2v) is 5.73. The Morgan fingerprint density at radius 2 is 2.00 bits per heavy atom. The Labute approximate surface area is 122 Å². The van der Waals surface area contributed by atoms with Gasteiger partial charge in [-0.1, -0.05) is 30.3 Å². The number of benzene rings is 1. The van der Waals surface area contributed by atoms with Crippen LogP contribution in [0, 0.1) is 0 Å². The van der Waals surface area contributed by atoms with Crippen LogP contribution in [0.15, 0.2) is 30.3 Å². The van der Waals surface area contributed by atoms with E-state index in [4.69, 9.17) is 4.74 Å². The summed E-state index contributed by atoms with van der Waals surface area (Å²) in [5, 5.41) is 10.3. The Morgan fingerprint density at radius 3 is 2.70 bits per heavy atom. The van der Waals surface area contributed by atoms with Crippen molar-refractivity contribution in [1.82, 2.24) is 4.90 Å². The van der Waals surface area contributed by atoms with Gasteiger partial charge in [0, 0.05) is 19.2 Å². The number of likely N-dealkylation sites (N-methyl/N-ethyl adjacent to an activating group) is 1. The lowest BCUT2D eigenvalue weighted by molar-refractivity contribution is 0.0124. The molecule has 0 aliphatic heterocycles. The second kappa shape index (κ2) is 7.77. The maximum absolute atomic E-state index is 10.3. The molecule has 1 fully saturated rings. The highest BCUT2D eigenvalue weighted by Gasteiger charge is 2.32. The van der Waals surface area contributed by atoms with E-state index < -0.39 is 0 Å². The third-order valence-electron chi connectivity index (χ3n) is 4.41. The zero-order valence-corrected chi connectivity index (χ0v) is 12.7. The molecule has 20 heavy (non-hydrogen) atoms. The predicted molar refractivity (Wildman–Crippen MR) is 82.0 cm³/mol. The summed E-state index contributed by atoms with van der Waals surface area (Å²) in [4.78, 5) is 2.26. The second-order valence-electron chi connectivity index (χ2n) is 5.73. The lowest BCUT2D eigenvalue weighted by atomic mass is 9.79. The Bertz CT molecular complexity index is 382. The highest BCUT2D eigenvalue weighted by molar-refractivity contribution is 5.20. The zero-order chi connectivity index (χ0) is 14.4. The first-order valence-corrected chi connectivity index (χ1v) is 7.73. The monoisotopic (exact) mass is 277 g/mol. The summed E-state index contributed by atoms with van der Waals surface area (Å²) in [6, 6.07) is 10.9. The molecular formula is C17H27NO2. The number of nitrogens with zero attached hydrogens (tertiary/aromatic N) is 1. The van der Waals surface area contributed by atoms with Crippen LogP contribution in [0.4, 0.5) is 0 Å². The molecule has 0 bridgehead atoms. The molecule has 1 aliphatic carbocycles. The van der Waals surface area contributed by atoms with E-state index in [9.17, 15) is 5.11 Å². The number of hydrogen-bond donors (Lipinski definition) is 1. The molecule has 1 aliphatic rings. The predicted octanol–water partition coefficient (Wildman–Crippen LogP) is 2.65. The summed E-state index contributed by atoms with van der Waals surface area (Å²) in [7, 11) is 2.10. The fraction of sp³-hybridized carbons (Fsp3) is 0.647. The van der Waals surface area contributed by atoms with Crippen LogP contribution in [0.3, 0.4) is 0 Å². The Morgan fingerprint density at radius 1 is 1.25 bits per heavy atom. The van der Waals surface area contributed by atoms with Gasteiger partial charge in [-0.3, -0.25) is 4.90 Å². The van der Waals surface area contributed by atoms with Crippen molar-refractivity contribution in [2.75, 3.05) is 26.8 Å². The normalized spacial score (nSPS) is 26.9. The van der Waals surface area contributed by atoms with Gasteiger partial charge in [-0.15, -0.1) is 0 Å². The molecule has 1 N–H and O–H groups in total. The Kier molecular flexibility index (Phi) is 6.02. The fourth-order valence-corrected chi connectivity index (χ4v) is 3.15. The molecule has 0 radical (unpaired) electrons. The molecule has 1 aromatic carbocycles. The van der Waals surface area contributed by atoms with Gasteiger partial charge in [-0.2, -0.15) is 0 Å². The number of rotatable bonds is 6. The molecule has 112 valence electrons. The van der Waals surface area contributed by atoms with Crippen molar-refractivity contribution in [2.45, 2.75) is 44.2 Å². The zero-order valence-electron chi connectivity index (χ0n) is 12.7. The first-order chi connectivity index (χ1) is 9.72. The SMILES string of the molecule is CCOCCN(C)C1CC(c2ccccc2)CCC1O. The molecule has 0 spiro atoms. The summed E-state index contributed by atoms with van der Waals surface area (Å²) in [6.07, 6.45) is 2.81. The van der Waals surface area contributed by atoms with Gasteiger partial charge in [0.1, 0.15) is 0 Å². The highest BCUT2D eigenvalue weighted by atomic mass is 16.5. The average molecular weight is 277 g/mol. The van der Waals surface area contributed by atoms with Gasteiger partial charge in [-0.25, -0.2) is 0 Å². The standard InChI is InChI=1S/C17H27NO2/c1-3-20-12-11-18(2)16-13-15(9-10-17(16)19)14-7-5-4-6-8-14/h4-8,15-17,19H,3,9-13H2,1-2H3. The van der Waals surface area contributed by atoms with Crippen molar-refractivity contribution in [3.8, 4) is 0 Å². The summed E-state index contributed by atoms with van der Waals surface area (Å²) in [6.45, 7) is 4.40. The van der Waals surface area contributed by atoms with Crippen molar-refractivity contribution in [2.24, 2.45) is 0 Å². The van der Waals surface area contributed by atoms with Crippen LogP contribution in [-0.4, -0.2) is 49.0 Å². The molecule has 0 heterocycles. The first-order valence-electron chi connectivity index (χ1n) is 7.73. The van der Waals surface area contributed by atoms with Gasteiger partial charge >= 0.3 is 0 Å². The van der Waals surface area contributed by atoms with Crippen molar-refractivity contribution < 1.29 is 9.84 Å². The van der Waals surface area contributed by atoms with Crippen molar-refractivity contribution in [3.05, 3.63) is 35.9 Å². The van der Waals surface area contributed by atoms with E-state index in [0.29, 0.717) is 5.92 Å². The highest BCUT2D eigenvalue weighted by Crippen LogP contribution is 2.34. The fourth-order valence-electron chi connectivity index (χ4n) is 3.15. The minimum atomic E-state index is -0.207. The smallest absolute Gasteiger partial charge is 0.0695 e. The van der Waals surface area contributed by atoms with E-state index in [0.717, 1.165) is 39.0 Å². The van der Waals surface area contributed by atoms with Crippen LogP contribution in [0.5, 0.6) is 0 Å². The third-order valence-corrected chi connectivity index (χ3v) is 4.41. The van der Waals surface area contributed by atoms with E-state index in [1.807, 2.05) is 6.92 Å². The number of aliphatic hydroxyl groups excluding tert-OH is 1. The Hall–Kier alpha value is -0.900. The maximum atomic E-state index is 10.3. The Balaban J connectivity index is 1.94. The largest absolute Gasteiger partial charge is 0.391 e. The number of hydrogen-bond acceptors (Lipinski definition) is 3. The van der Waals surface area contributed by atoms with Gasteiger partial charge in [0.25, 0.3) is 0 Å². The third kappa shape index (κ3) is 4.05. The van der Waals surface area contributed by atoms with E-state index in [1.54, 1.807) is 0 Å². The van der Waals surface area contributed by atoms with Gasteiger partial charge in [-0.05, 0) is 44.7 Å². The molecule has 0 aromatic heterocycles. The van der Waals surface area contributed by atoms with Gasteiger partial charge in [0.2, 0.25) is 0 Å². The van der Waals surface area contributed by atoms with Crippen molar-refractivity contribution in [3.63, 3.8) is 0 Å². The summed E-state index contributed by atoms with van der Waals surface area (Å²) >= 11 is 0. The number of ether oxygens (including phenoxy) is 1. The van der Waals surface area contributed by atoms with Crippen LogP contribution in [0.1, 0.15) is 37.7 Å².